The molecule has 4 nitrogen and oxygen atoms in total. The number of halogens is 1. The van der Waals surface area contributed by atoms with Crippen LogP contribution in [0.5, 0.6) is 0 Å². The monoisotopic (exact) mass is 414 g/mol. The fraction of sp³-hybridized carbons (Fsp3) is 0.588. The molecule has 0 atom stereocenters. The Hall–Kier alpha value is -0.820. The summed E-state index contributed by atoms with van der Waals surface area (Å²) < 4.78 is 0. The van der Waals surface area contributed by atoms with Gasteiger partial charge in [-0.2, -0.15) is 0 Å². The first-order valence-electron chi connectivity index (χ1n) is 8.11. The number of rotatable bonds is 4. The lowest BCUT2D eigenvalue weighted by atomic mass is 10.1. The molecule has 1 saturated heterocycles. The minimum absolute atomic E-state index is 0. The number of piperidine rings is 1. The Morgan fingerprint density at radius 1 is 1.00 bits per heavy atom. The van der Waals surface area contributed by atoms with Crippen LogP contribution in [0.1, 0.15) is 30.4 Å². The number of likely N-dealkylation sites (tertiary alicyclic amines) is 1. The summed E-state index contributed by atoms with van der Waals surface area (Å²) in [5, 5.41) is 3.41. The molecule has 0 aromatic heterocycles. The van der Waals surface area contributed by atoms with Gasteiger partial charge in [0.05, 0.1) is 6.54 Å². The topological polar surface area (TPSA) is 30.9 Å². The Balaban J connectivity index is 0.00000176. The van der Waals surface area contributed by atoms with E-state index in [-0.39, 0.29) is 24.0 Å². The number of benzene rings is 1. The van der Waals surface area contributed by atoms with Crippen LogP contribution in [0, 0.1) is 0 Å². The smallest absolute Gasteiger partial charge is 0.194 e. The molecule has 3 rings (SSSR count). The average Bonchev–Trinajstić information content (AvgIpc) is 2.93. The quantitative estimate of drug-likeness (QED) is 0.769. The van der Waals surface area contributed by atoms with E-state index >= 15 is 0 Å². The SMILES string of the molecule is CN1CCN=C1NCc1ccc(CN2CCCCC2)cc1.I. The van der Waals surface area contributed by atoms with Crippen LogP contribution in [0.25, 0.3) is 0 Å². The molecule has 1 N–H and O–H groups in total. The fourth-order valence-electron chi connectivity index (χ4n) is 3.04. The number of nitrogens with zero attached hydrogens (tertiary/aromatic N) is 3. The van der Waals surface area contributed by atoms with Crippen LogP contribution in [0.3, 0.4) is 0 Å². The summed E-state index contributed by atoms with van der Waals surface area (Å²) >= 11 is 0. The Morgan fingerprint density at radius 2 is 1.68 bits per heavy atom. The second-order valence-electron chi connectivity index (χ2n) is 6.13. The largest absolute Gasteiger partial charge is 0.352 e. The summed E-state index contributed by atoms with van der Waals surface area (Å²) in [6, 6.07) is 9.02. The normalized spacial score (nSPS) is 18.8. The van der Waals surface area contributed by atoms with Gasteiger partial charge in [0.2, 0.25) is 0 Å². The highest BCUT2D eigenvalue weighted by molar-refractivity contribution is 14.0. The highest BCUT2D eigenvalue weighted by atomic mass is 127. The zero-order valence-corrected chi connectivity index (χ0v) is 15.8. The summed E-state index contributed by atoms with van der Waals surface area (Å²) in [5.41, 5.74) is 2.75. The van der Waals surface area contributed by atoms with Crippen LogP contribution in [0.2, 0.25) is 0 Å². The number of likely N-dealkylation sites (N-methyl/N-ethyl adjacent to an activating group) is 1. The average molecular weight is 414 g/mol. The molecule has 2 heterocycles. The standard InChI is InChI=1S/C17H26N4.HI/c1-20-12-9-18-17(20)19-13-15-5-7-16(8-6-15)14-21-10-3-2-4-11-21;/h5-8H,2-4,9-14H2,1H3,(H,18,19);1H. The highest BCUT2D eigenvalue weighted by Crippen LogP contribution is 2.13. The van der Waals surface area contributed by atoms with E-state index < -0.39 is 0 Å². The summed E-state index contributed by atoms with van der Waals surface area (Å²) in [5.74, 6) is 1.02. The fourth-order valence-corrected chi connectivity index (χ4v) is 3.04. The Kier molecular flexibility index (Phi) is 6.95. The molecule has 22 heavy (non-hydrogen) atoms. The van der Waals surface area contributed by atoms with Gasteiger partial charge in [0.1, 0.15) is 0 Å². The maximum atomic E-state index is 4.45. The van der Waals surface area contributed by atoms with Gasteiger partial charge in [0.15, 0.2) is 5.96 Å². The van der Waals surface area contributed by atoms with Gasteiger partial charge in [-0.15, -0.1) is 24.0 Å². The number of hydrogen-bond acceptors (Lipinski definition) is 4. The minimum Gasteiger partial charge on any atom is -0.352 e. The summed E-state index contributed by atoms with van der Waals surface area (Å²) in [6.07, 6.45) is 4.12. The molecule has 0 saturated carbocycles. The van der Waals surface area contributed by atoms with Crippen LogP contribution in [-0.2, 0) is 13.1 Å². The van der Waals surface area contributed by atoms with Gasteiger partial charge in [-0.05, 0) is 37.1 Å². The van der Waals surface area contributed by atoms with Gasteiger partial charge in [-0.1, -0.05) is 30.7 Å². The van der Waals surface area contributed by atoms with Crippen LogP contribution >= 0.6 is 24.0 Å². The molecule has 5 heteroatoms. The number of guanidine groups is 1. The Labute approximate surface area is 151 Å². The molecule has 0 aliphatic carbocycles. The van der Waals surface area contributed by atoms with E-state index in [0.717, 1.165) is 32.1 Å². The third kappa shape index (κ3) is 4.84. The second kappa shape index (κ2) is 8.72. The molecule has 2 aliphatic heterocycles. The van der Waals surface area contributed by atoms with Gasteiger partial charge < -0.3 is 10.2 Å². The molecule has 0 unspecified atom stereocenters. The first kappa shape index (κ1) is 17.5. The van der Waals surface area contributed by atoms with E-state index in [1.807, 2.05) is 0 Å². The van der Waals surface area contributed by atoms with Gasteiger partial charge in [0.25, 0.3) is 0 Å². The first-order valence-corrected chi connectivity index (χ1v) is 8.11. The molecular weight excluding hydrogens is 387 g/mol. The molecule has 0 radical (unpaired) electrons. The third-order valence-electron chi connectivity index (χ3n) is 4.39. The molecule has 122 valence electrons. The van der Waals surface area contributed by atoms with E-state index in [0.29, 0.717) is 0 Å². The molecule has 1 aromatic rings. The predicted octanol–water partition coefficient (Wildman–Crippen LogP) is 2.68. The van der Waals surface area contributed by atoms with Crippen LogP contribution in [-0.4, -0.2) is 49.0 Å². The molecule has 1 fully saturated rings. The zero-order valence-electron chi connectivity index (χ0n) is 13.4. The van der Waals surface area contributed by atoms with Crippen LogP contribution < -0.4 is 5.32 Å². The van der Waals surface area contributed by atoms with Crippen molar-refractivity contribution in [3.63, 3.8) is 0 Å². The molecular formula is C17H27IN4. The van der Waals surface area contributed by atoms with Gasteiger partial charge in [-0.3, -0.25) is 9.89 Å². The zero-order chi connectivity index (χ0) is 14.5. The molecule has 0 spiro atoms. The van der Waals surface area contributed by atoms with E-state index in [1.165, 1.54) is 43.5 Å². The van der Waals surface area contributed by atoms with E-state index in [2.05, 4.69) is 51.4 Å². The Bertz CT molecular complexity index is 480. The predicted molar refractivity (Wildman–Crippen MR) is 103 cm³/mol. The molecule has 0 amide bonds. The van der Waals surface area contributed by atoms with Crippen LogP contribution in [0.4, 0.5) is 0 Å². The van der Waals surface area contributed by atoms with Gasteiger partial charge in [-0.25, -0.2) is 0 Å². The Morgan fingerprint density at radius 3 is 2.32 bits per heavy atom. The van der Waals surface area contributed by atoms with Crippen molar-refractivity contribution in [2.24, 2.45) is 4.99 Å². The second-order valence-corrected chi connectivity index (χ2v) is 6.13. The van der Waals surface area contributed by atoms with Crippen molar-refractivity contribution in [3.05, 3.63) is 35.4 Å². The summed E-state index contributed by atoms with van der Waals surface area (Å²) in [6.45, 7) is 6.41. The van der Waals surface area contributed by atoms with Crippen molar-refractivity contribution in [1.29, 1.82) is 0 Å². The first-order chi connectivity index (χ1) is 10.3. The van der Waals surface area contributed by atoms with Crippen molar-refractivity contribution in [2.45, 2.75) is 32.4 Å². The van der Waals surface area contributed by atoms with Gasteiger partial charge >= 0.3 is 0 Å². The molecule has 1 aromatic carbocycles. The summed E-state index contributed by atoms with van der Waals surface area (Å²) in [7, 11) is 2.08. The number of hydrogen-bond donors (Lipinski definition) is 1. The van der Waals surface area contributed by atoms with E-state index in [9.17, 15) is 0 Å². The van der Waals surface area contributed by atoms with Crippen molar-refractivity contribution in [2.75, 3.05) is 33.2 Å². The lowest BCUT2D eigenvalue weighted by Crippen LogP contribution is -2.35. The maximum absolute atomic E-state index is 4.45. The number of nitrogens with one attached hydrogen (secondary N) is 1. The highest BCUT2D eigenvalue weighted by Gasteiger charge is 2.12. The van der Waals surface area contributed by atoms with E-state index in [4.69, 9.17) is 0 Å². The summed E-state index contributed by atoms with van der Waals surface area (Å²) in [4.78, 5) is 9.19. The van der Waals surface area contributed by atoms with E-state index in [1.54, 1.807) is 0 Å². The molecule has 2 aliphatic rings. The van der Waals surface area contributed by atoms with Crippen molar-refractivity contribution in [3.8, 4) is 0 Å². The minimum atomic E-state index is 0. The van der Waals surface area contributed by atoms with Crippen molar-refractivity contribution >= 4 is 29.9 Å². The van der Waals surface area contributed by atoms with Crippen molar-refractivity contribution < 1.29 is 0 Å². The maximum Gasteiger partial charge on any atom is 0.194 e. The van der Waals surface area contributed by atoms with Crippen molar-refractivity contribution in [1.82, 2.24) is 15.1 Å². The lowest BCUT2D eigenvalue weighted by Gasteiger charge is -2.26. The third-order valence-corrected chi connectivity index (χ3v) is 4.39. The van der Waals surface area contributed by atoms with Gasteiger partial charge in [0, 0.05) is 26.7 Å². The molecule has 0 bridgehead atoms. The number of aliphatic imine (C=N–C) groups is 1. The lowest BCUT2D eigenvalue weighted by molar-refractivity contribution is 0.221. The van der Waals surface area contributed by atoms with Crippen LogP contribution in [0.15, 0.2) is 29.3 Å².